The Morgan fingerprint density at radius 1 is 1.37 bits per heavy atom. The average molecular weight is 264 g/mol. The number of piperazine rings is 1. The van der Waals surface area contributed by atoms with Gasteiger partial charge in [-0.05, 0) is 6.92 Å². The van der Waals surface area contributed by atoms with Crippen LogP contribution in [0.4, 0.5) is 0 Å². The Balaban J connectivity index is 1.88. The summed E-state index contributed by atoms with van der Waals surface area (Å²) >= 11 is 0. The topological polar surface area (TPSA) is 70.2 Å². The van der Waals surface area contributed by atoms with Gasteiger partial charge in [0.2, 0.25) is 0 Å². The SMILES string of the molecule is CC(c1nc2c(c(=O)[nH]1)COCC2)N1CCNCC1. The van der Waals surface area contributed by atoms with Crippen LogP contribution in [0, 0.1) is 0 Å². The molecule has 6 heteroatoms. The van der Waals surface area contributed by atoms with Crippen molar-refractivity contribution in [3.63, 3.8) is 0 Å². The number of nitrogens with zero attached hydrogens (tertiary/aromatic N) is 2. The number of hydrogen-bond donors (Lipinski definition) is 2. The fourth-order valence-electron chi connectivity index (χ4n) is 2.70. The van der Waals surface area contributed by atoms with Crippen molar-refractivity contribution in [3.05, 3.63) is 27.4 Å². The minimum absolute atomic E-state index is 0.0401. The summed E-state index contributed by atoms with van der Waals surface area (Å²) in [6.45, 7) is 7.12. The Morgan fingerprint density at radius 2 is 2.16 bits per heavy atom. The first kappa shape index (κ1) is 12.8. The second-order valence-corrected chi connectivity index (χ2v) is 5.14. The van der Waals surface area contributed by atoms with Gasteiger partial charge in [0.1, 0.15) is 5.82 Å². The summed E-state index contributed by atoms with van der Waals surface area (Å²) in [6, 6.07) is 0.156. The minimum Gasteiger partial charge on any atom is -0.376 e. The molecule has 1 atom stereocenters. The van der Waals surface area contributed by atoms with E-state index in [-0.39, 0.29) is 11.6 Å². The maximum absolute atomic E-state index is 12.1. The maximum Gasteiger partial charge on any atom is 0.256 e. The van der Waals surface area contributed by atoms with Crippen LogP contribution in [0.3, 0.4) is 0 Å². The molecular weight excluding hydrogens is 244 g/mol. The van der Waals surface area contributed by atoms with Gasteiger partial charge in [-0.3, -0.25) is 9.69 Å². The first-order chi connectivity index (χ1) is 9.25. The highest BCUT2D eigenvalue weighted by Gasteiger charge is 2.22. The van der Waals surface area contributed by atoms with E-state index in [0.717, 1.165) is 44.1 Å². The predicted octanol–water partition coefficient (Wildman–Crippen LogP) is -0.191. The molecule has 2 N–H and O–H groups in total. The molecule has 1 aromatic rings. The molecule has 1 aromatic heterocycles. The van der Waals surface area contributed by atoms with Gasteiger partial charge in [0.05, 0.1) is 30.5 Å². The summed E-state index contributed by atoms with van der Waals surface area (Å²) in [5, 5.41) is 3.33. The molecule has 0 aliphatic carbocycles. The van der Waals surface area contributed by atoms with Gasteiger partial charge in [-0.1, -0.05) is 0 Å². The van der Waals surface area contributed by atoms with E-state index in [1.807, 2.05) is 0 Å². The van der Waals surface area contributed by atoms with E-state index in [1.54, 1.807) is 0 Å². The largest absolute Gasteiger partial charge is 0.376 e. The van der Waals surface area contributed by atoms with Crippen molar-refractivity contribution in [2.45, 2.75) is 26.0 Å². The van der Waals surface area contributed by atoms with Gasteiger partial charge in [0.15, 0.2) is 0 Å². The number of rotatable bonds is 2. The van der Waals surface area contributed by atoms with E-state index in [2.05, 4.69) is 27.1 Å². The summed E-state index contributed by atoms with van der Waals surface area (Å²) in [5.74, 6) is 0.785. The second-order valence-electron chi connectivity index (χ2n) is 5.14. The van der Waals surface area contributed by atoms with Crippen LogP contribution in [0.2, 0.25) is 0 Å². The van der Waals surface area contributed by atoms with Gasteiger partial charge >= 0.3 is 0 Å². The van der Waals surface area contributed by atoms with Crippen LogP contribution in [-0.4, -0.2) is 47.7 Å². The molecule has 0 spiro atoms. The fourth-order valence-corrected chi connectivity index (χ4v) is 2.70. The molecule has 2 aliphatic rings. The Bertz CT molecular complexity index is 508. The van der Waals surface area contributed by atoms with Crippen LogP contribution in [0.1, 0.15) is 30.0 Å². The summed E-state index contributed by atoms with van der Waals surface area (Å²) in [7, 11) is 0. The van der Waals surface area contributed by atoms with Crippen LogP contribution >= 0.6 is 0 Å². The third kappa shape index (κ3) is 2.56. The molecule has 2 aliphatic heterocycles. The number of nitrogens with one attached hydrogen (secondary N) is 2. The molecule has 104 valence electrons. The fraction of sp³-hybridized carbons (Fsp3) is 0.692. The Kier molecular flexibility index (Phi) is 3.63. The van der Waals surface area contributed by atoms with Crippen LogP contribution in [0.5, 0.6) is 0 Å². The molecule has 3 rings (SSSR count). The Hall–Kier alpha value is -1.24. The van der Waals surface area contributed by atoms with E-state index in [1.165, 1.54) is 0 Å². The molecule has 6 nitrogen and oxygen atoms in total. The standard InChI is InChI=1S/C13H20N4O2/c1-9(17-5-3-14-4-6-17)12-15-11-2-7-19-8-10(11)13(18)16-12/h9,14H,2-8H2,1H3,(H,15,16,18). The van der Waals surface area contributed by atoms with E-state index in [0.29, 0.717) is 18.8 Å². The van der Waals surface area contributed by atoms with Gasteiger partial charge < -0.3 is 15.0 Å². The van der Waals surface area contributed by atoms with Crippen LogP contribution < -0.4 is 10.9 Å². The molecule has 0 saturated carbocycles. The quantitative estimate of drug-likeness (QED) is 0.775. The highest BCUT2D eigenvalue weighted by molar-refractivity contribution is 5.20. The molecule has 3 heterocycles. The molecular formula is C13H20N4O2. The molecule has 0 radical (unpaired) electrons. The first-order valence-corrected chi connectivity index (χ1v) is 6.90. The lowest BCUT2D eigenvalue weighted by Gasteiger charge is -2.32. The predicted molar refractivity (Wildman–Crippen MR) is 71.1 cm³/mol. The van der Waals surface area contributed by atoms with Gasteiger partial charge in [0.25, 0.3) is 5.56 Å². The number of aromatic nitrogens is 2. The van der Waals surface area contributed by atoms with Gasteiger partial charge in [-0.25, -0.2) is 4.98 Å². The van der Waals surface area contributed by atoms with E-state index >= 15 is 0 Å². The number of H-pyrrole nitrogens is 1. The number of fused-ring (bicyclic) bond motifs is 1. The molecule has 0 amide bonds. The normalized spacial score (nSPS) is 21.9. The van der Waals surface area contributed by atoms with Crippen molar-refractivity contribution in [1.29, 1.82) is 0 Å². The maximum atomic E-state index is 12.1. The lowest BCUT2D eigenvalue weighted by molar-refractivity contribution is 0.107. The number of ether oxygens (including phenoxy) is 1. The van der Waals surface area contributed by atoms with Gasteiger partial charge in [0, 0.05) is 32.6 Å². The lowest BCUT2D eigenvalue weighted by atomic mass is 10.1. The van der Waals surface area contributed by atoms with Gasteiger partial charge in [-0.15, -0.1) is 0 Å². The smallest absolute Gasteiger partial charge is 0.256 e. The van der Waals surface area contributed by atoms with Crippen LogP contribution in [0.25, 0.3) is 0 Å². The van der Waals surface area contributed by atoms with E-state index in [9.17, 15) is 4.79 Å². The van der Waals surface area contributed by atoms with Crippen LogP contribution in [-0.2, 0) is 17.8 Å². The third-order valence-electron chi connectivity index (χ3n) is 3.94. The minimum atomic E-state index is -0.0401. The van der Waals surface area contributed by atoms with Crippen molar-refractivity contribution >= 4 is 0 Å². The summed E-state index contributed by atoms with van der Waals surface area (Å²) in [6.07, 6.45) is 0.737. The van der Waals surface area contributed by atoms with Crippen molar-refractivity contribution in [2.75, 3.05) is 32.8 Å². The van der Waals surface area contributed by atoms with Crippen molar-refractivity contribution < 1.29 is 4.74 Å². The highest BCUT2D eigenvalue weighted by Crippen LogP contribution is 2.18. The average Bonchev–Trinajstić information content (AvgIpc) is 2.47. The lowest BCUT2D eigenvalue weighted by Crippen LogP contribution is -2.45. The molecule has 0 bridgehead atoms. The Morgan fingerprint density at radius 3 is 2.95 bits per heavy atom. The summed E-state index contributed by atoms with van der Waals surface area (Å²) < 4.78 is 5.31. The summed E-state index contributed by atoms with van der Waals surface area (Å²) in [5.41, 5.74) is 1.57. The second kappa shape index (κ2) is 5.40. The first-order valence-electron chi connectivity index (χ1n) is 6.90. The zero-order chi connectivity index (χ0) is 13.2. The molecule has 1 unspecified atom stereocenters. The zero-order valence-corrected chi connectivity index (χ0v) is 11.2. The molecule has 19 heavy (non-hydrogen) atoms. The monoisotopic (exact) mass is 264 g/mol. The molecule has 1 saturated heterocycles. The Labute approximate surface area is 112 Å². The third-order valence-corrected chi connectivity index (χ3v) is 3.94. The van der Waals surface area contributed by atoms with Crippen LogP contribution in [0.15, 0.2) is 4.79 Å². The van der Waals surface area contributed by atoms with E-state index < -0.39 is 0 Å². The number of aromatic amines is 1. The van der Waals surface area contributed by atoms with E-state index in [4.69, 9.17) is 4.74 Å². The van der Waals surface area contributed by atoms with Crippen molar-refractivity contribution in [1.82, 2.24) is 20.2 Å². The number of hydrogen-bond acceptors (Lipinski definition) is 5. The zero-order valence-electron chi connectivity index (χ0n) is 11.2. The molecule has 1 fully saturated rings. The van der Waals surface area contributed by atoms with Gasteiger partial charge in [-0.2, -0.15) is 0 Å². The highest BCUT2D eigenvalue weighted by atomic mass is 16.5. The van der Waals surface area contributed by atoms with Crippen molar-refractivity contribution in [3.8, 4) is 0 Å². The molecule has 0 aromatic carbocycles. The van der Waals surface area contributed by atoms with Crippen molar-refractivity contribution in [2.24, 2.45) is 0 Å². The summed E-state index contributed by atoms with van der Waals surface area (Å²) in [4.78, 5) is 22.0.